The second kappa shape index (κ2) is 7.51. The minimum absolute atomic E-state index is 0.185. The molecule has 5 rings (SSSR count). The van der Waals surface area contributed by atoms with Crippen molar-refractivity contribution in [2.45, 2.75) is 57.5 Å². The number of aryl methyl sites for hydroxylation is 2. The van der Waals surface area contributed by atoms with E-state index in [1.807, 2.05) is 18.5 Å². The molecule has 6 nitrogen and oxygen atoms in total. The summed E-state index contributed by atoms with van der Waals surface area (Å²) in [5.41, 5.74) is 5.52. The molecule has 1 amide bonds. The number of amides is 1. The molecule has 2 aliphatic heterocycles. The van der Waals surface area contributed by atoms with Crippen LogP contribution < -0.4 is 5.32 Å². The maximum atomic E-state index is 12.5. The molecule has 2 atom stereocenters. The predicted octanol–water partition coefficient (Wildman–Crippen LogP) is 3.37. The zero-order valence-electron chi connectivity index (χ0n) is 17.8. The van der Waals surface area contributed by atoms with Crippen molar-refractivity contribution >= 4 is 11.6 Å². The molecule has 0 saturated carbocycles. The Kier molecular flexibility index (Phi) is 4.82. The Hall–Kier alpha value is -2.73. The summed E-state index contributed by atoms with van der Waals surface area (Å²) >= 11 is 0. The lowest BCUT2D eigenvalue weighted by Crippen LogP contribution is -2.52. The first-order valence-corrected chi connectivity index (χ1v) is 10.9. The largest absolute Gasteiger partial charge is 0.349 e. The number of fused-ring (bicyclic) bond motifs is 1. The van der Waals surface area contributed by atoms with Gasteiger partial charge < -0.3 is 9.72 Å². The number of aromatic nitrogens is 3. The van der Waals surface area contributed by atoms with Gasteiger partial charge in [-0.15, -0.1) is 0 Å². The van der Waals surface area contributed by atoms with Crippen LogP contribution in [0.2, 0.25) is 0 Å². The van der Waals surface area contributed by atoms with Gasteiger partial charge in [-0.25, -0.2) is 4.98 Å². The molecular weight excluding hydrogens is 374 g/mol. The highest BCUT2D eigenvalue weighted by atomic mass is 16.1. The lowest BCUT2D eigenvalue weighted by Gasteiger charge is -2.35. The van der Waals surface area contributed by atoms with Gasteiger partial charge in [0.1, 0.15) is 5.65 Å². The van der Waals surface area contributed by atoms with Gasteiger partial charge >= 0.3 is 0 Å². The second-order valence-electron chi connectivity index (χ2n) is 9.00. The second-order valence-corrected chi connectivity index (χ2v) is 9.00. The molecule has 3 aromatic heterocycles. The van der Waals surface area contributed by atoms with E-state index in [1.165, 1.54) is 16.8 Å². The van der Waals surface area contributed by atoms with Gasteiger partial charge in [-0.1, -0.05) is 12.5 Å². The molecule has 2 fully saturated rings. The Morgan fingerprint density at radius 1 is 1.27 bits per heavy atom. The summed E-state index contributed by atoms with van der Waals surface area (Å²) in [5, 5.41) is 3.44. The first kappa shape index (κ1) is 19.2. The van der Waals surface area contributed by atoms with Crippen molar-refractivity contribution < 1.29 is 4.79 Å². The highest BCUT2D eigenvalue weighted by Gasteiger charge is 2.48. The van der Waals surface area contributed by atoms with E-state index >= 15 is 0 Å². The number of hydrogen-bond donors (Lipinski definition) is 1. The molecule has 156 valence electrons. The third kappa shape index (κ3) is 3.39. The van der Waals surface area contributed by atoms with E-state index in [0.717, 1.165) is 50.2 Å². The summed E-state index contributed by atoms with van der Waals surface area (Å²) in [6.07, 6.45) is 9.61. The first-order chi connectivity index (χ1) is 14.5. The standard InChI is InChI=1S/C24H29N5O/c1-17-8-11-29-21(18(2)26-22(29)12-17)15-28-14-20(19-6-5-10-25-13-19)24(16-28)9-4-3-7-23(30)27-24/h5-6,8,10-13,20H,3-4,7,9,14-16H2,1-2H3,(H,27,30)/t20-,24+/m0/s1. The van der Waals surface area contributed by atoms with E-state index in [9.17, 15) is 4.79 Å². The number of rotatable bonds is 3. The zero-order chi connectivity index (χ0) is 20.7. The van der Waals surface area contributed by atoms with Crippen molar-refractivity contribution in [2.75, 3.05) is 13.1 Å². The van der Waals surface area contributed by atoms with Gasteiger partial charge in [0.15, 0.2) is 0 Å². The summed E-state index contributed by atoms with van der Waals surface area (Å²) in [6, 6.07) is 8.42. The van der Waals surface area contributed by atoms with Crippen LogP contribution in [0, 0.1) is 13.8 Å². The number of carbonyl (C=O) groups excluding carboxylic acids is 1. The maximum absolute atomic E-state index is 12.5. The smallest absolute Gasteiger partial charge is 0.220 e. The molecule has 0 aromatic carbocycles. The fourth-order valence-electron chi connectivity index (χ4n) is 5.36. The van der Waals surface area contributed by atoms with Gasteiger partial charge in [0.05, 0.1) is 16.9 Å². The summed E-state index contributed by atoms with van der Waals surface area (Å²) < 4.78 is 2.21. The fourth-order valence-corrected chi connectivity index (χ4v) is 5.36. The minimum Gasteiger partial charge on any atom is -0.349 e. The molecule has 0 unspecified atom stereocenters. The van der Waals surface area contributed by atoms with Crippen LogP contribution in [-0.2, 0) is 11.3 Å². The van der Waals surface area contributed by atoms with Gasteiger partial charge in [-0.05, 0) is 56.0 Å². The number of nitrogens with zero attached hydrogens (tertiary/aromatic N) is 4. The molecule has 1 N–H and O–H groups in total. The molecule has 30 heavy (non-hydrogen) atoms. The molecule has 0 bridgehead atoms. The molecule has 0 aliphatic carbocycles. The molecule has 3 aromatic rings. The van der Waals surface area contributed by atoms with E-state index in [1.54, 1.807) is 0 Å². The summed E-state index contributed by atoms with van der Waals surface area (Å²) in [6.45, 7) is 6.78. The van der Waals surface area contributed by atoms with Crippen molar-refractivity contribution in [1.29, 1.82) is 0 Å². The van der Waals surface area contributed by atoms with Crippen LogP contribution in [0.15, 0.2) is 42.9 Å². The Balaban J connectivity index is 1.49. The Bertz CT molecular complexity index is 1080. The van der Waals surface area contributed by atoms with Crippen molar-refractivity contribution in [3.05, 3.63) is 65.4 Å². The van der Waals surface area contributed by atoms with Gasteiger partial charge in [0.2, 0.25) is 5.91 Å². The maximum Gasteiger partial charge on any atom is 0.220 e. The van der Waals surface area contributed by atoms with Gasteiger partial charge in [-0.3, -0.25) is 14.7 Å². The third-order valence-electron chi connectivity index (χ3n) is 6.82. The molecule has 0 radical (unpaired) electrons. The minimum atomic E-state index is -0.221. The first-order valence-electron chi connectivity index (χ1n) is 10.9. The number of pyridine rings is 2. The van der Waals surface area contributed by atoms with Crippen molar-refractivity contribution in [3.63, 3.8) is 0 Å². The van der Waals surface area contributed by atoms with Crippen LogP contribution in [0.1, 0.15) is 54.1 Å². The Labute approximate surface area is 177 Å². The monoisotopic (exact) mass is 403 g/mol. The van der Waals surface area contributed by atoms with Crippen LogP contribution in [0.3, 0.4) is 0 Å². The van der Waals surface area contributed by atoms with Crippen LogP contribution in [-0.4, -0.2) is 43.8 Å². The quantitative estimate of drug-likeness (QED) is 0.728. The molecule has 5 heterocycles. The van der Waals surface area contributed by atoms with Crippen LogP contribution >= 0.6 is 0 Å². The molecule has 2 saturated heterocycles. The zero-order valence-corrected chi connectivity index (χ0v) is 17.8. The number of hydrogen-bond acceptors (Lipinski definition) is 4. The number of nitrogens with one attached hydrogen (secondary N) is 1. The predicted molar refractivity (Wildman–Crippen MR) is 116 cm³/mol. The highest BCUT2D eigenvalue weighted by molar-refractivity contribution is 5.77. The summed E-state index contributed by atoms with van der Waals surface area (Å²) in [4.78, 5) is 24.2. The highest BCUT2D eigenvalue weighted by Crippen LogP contribution is 2.41. The van der Waals surface area contributed by atoms with Gasteiger partial charge in [0, 0.05) is 50.6 Å². The molecular formula is C24H29N5O. The van der Waals surface area contributed by atoms with Crippen LogP contribution in [0.4, 0.5) is 0 Å². The average molecular weight is 404 g/mol. The average Bonchev–Trinajstić information content (AvgIpc) is 3.15. The number of carbonyl (C=O) groups is 1. The van der Waals surface area contributed by atoms with Crippen molar-refractivity contribution in [3.8, 4) is 0 Å². The van der Waals surface area contributed by atoms with Gasteiger partial charge in [0.25, 0.3) is 0 Å². The van der Waals surface area contributed by atoms with E-state index in [4.69, 9.17) is 4.98 Å². The van der Waals surface area contributed by atoms with Crippen LogP contribution in [0.25, 0.3) is 5.65 Å². The van der Waals surface area contributed by atoms with Crippen molar-refractivity contribution in [1.82, 2.24) is 24.6 Å². The van der Waals surface area contributed by atoms with E-state index < -0.39 is 0 Å². The van der Waals surface area contributed by atoms with Crippen molar-refractivity contribution in [2.24, 2.45) is 0 Å². The number of likely N-dealkylation sites (tertiary alicyclic amines) is 1. The fraction of sp³-hybridized carbons (Fsp3) is 0.458. The Morgan fingerprint density at radius 2 is 2.17 bits per heavy atom. The third-order valence-corrected chi connectivity index (χ3v) is 6.82. The lowest BCUT2D eigenvalue weighted by molar-refractivity contribution is -0.122. The van der Waals surface area contributed by atoms with E-state index in [0.29, 0.717) is 6.42 Å². The van der Waals surface area contributed by atoms with E-state index in [2.05, 4.69) is 57.8 Å². The van der Waals surface area contributed by atoms with E-state index in [-0.39, 0.29) is 17.4 Å². The summed E-state index contributed by atoms with van der Waals surface area (Å²) in [7, 11) is 0. The molecule has 6 heteroatoms. The summed E-state index contributed by atoms with van der Waals surface area (Å²) in [5.74, 6) is 0.430. The molecule has 2 aliphatic rings. The Morgan fingerprint density at radius 3 is 3.00 bits per heavy atom. The molecule has 1 spiro atoms. The number of imidazole rings is 1. The normalized spacial score (nSPS) is 25.0. The van der Waals surface area contributed by atoms with Crippen LogP contribution in [0.5, 0.6) is 0 Å². The SMILES string of the molecule is Cc1ccn2c(CN3C[C@@H](c4cccnc4)[C@@]4(CCCCC(=O)N4)C3)c(C)nc2c1. The van der Waals surface area contributed by atoms with Gasteiger partial charge in [-0.2, -0.15) is 0 Å². The lowest BCUT2D eigenvalue weighted by atomic mass is 9.79. The topological polar surface area (TPSA) is 62.5 Å².